The van der Waals surface area contributed by atoms with E-state index in [4.69, 9.17) is 0 Å². The second-order valence-electron chi connectivity index (χ2n) is 4.70. The van der Waals surface area contributed by atoms with Crippen molar-refractivity contribution in [3.8, 4) is 0 Å². The molecule has 1 saturated heterocycles. The molecule has 1 aliphatic heterocycles. The fourth-order valence-corrected chi connectivity index (χ4v) is 3.60. The van der Waals surface area contributed by atoms with Crippen LogP contribution in [0, 0.1) is 0 Å². The molecule has 2 aromatic rings. The molecule has 5 nitrogen and oxygen atoms in total. The number of carbonyl (C=O) groups is 1. The molecule has 1 fully saturated rings. The minimum atomic E-state index is -0.857. The maximum Gasteiger partial charge on any atom is 0.407 e. The Morgan fingerprint density at radius 1 is 1.63 bits per heavy atom. The largest absolute Gasteiger partial charge is 0.465 e. The minimum Gasteiger partial charge on any atom is -0.465 e. The van der Waals surface area contributed by atoms with E-state index in [-0.39, 0.29) is 6.04 Å². The number of amides is 1. The first kappa shape index (κ1) is 12.3. The summed E-state index contributed by atoms with van der Waals surface area (Å²) in [5, 5.41) is 10.1. The number of rotatable bonds is 2. The number of aryl methyl sites for hydroxylation is 1. The highest BCUT2D eigenvalue weighted by molar-refractivity contribution is 7.18. The number of fused-ring (bicyclic) bond motifs is 1. The number of hydrogen-bond donors (Lipinski definition) is 1. The Hall–Kier alpha value is -1.69. The summed E-state index contributed by atoms with van der Waals surface area (Å²) in [6.07, 6.45) is 3.69. The lowest BCUT2D eigenvalue weighted by molar-refractivity contribution is 0.140. The van der Waals surface area contributed by atoms with E-state index in [1.807, 2.05) is 6.20 Å². The molecule has 1 atom stereocenters. The van der Waals surface area contributed by atoms with Gasteiger partial charge in [0.05, 0.1) is 10.7 Å². The van der Waals surface area contributed by atoms with Crippen LogP contribution in [-0.2, 0) is 6.42 Å². The van der Waals surface area contributed by atoms with Crippen molar-refractivity contribution in [2.75, 3.05) is 6.54 Å². The Labute approximate surface area is 114 Å². The summed E-state index contributed by atoms with van der Waals surface area (Å²) in [7, 11) is 0. The van der Waals surface area contributed by atoms with Crippen molar-refractivity contribution in [2.45, 2.75) is 32.2 Å². The number of pyridine rings is 1. The molecule has 1 aliphatic rings. The molecule has 0 aromatic carbocycles. The smallest absolute Gasteiger partial charge is 0.407 e. The molecule has 3 rings (SSSR count). The van der Waals surface area contributed by atoms with Crippen LogP contribution < -0.4 is 0 Å². The summed E-state index contributed by atoms with van der Waals surface area (Å²) in [4.78, 5) is 21.5. The van der Waals surface area contributed by atoms with Gasteiger partial charge in [0.25, 0.3) is 0 Å². The van der Waals surface area contributed by atoms with Gasteiger partial charge in [-0.05, 0) is 30.9 Å². The van der Waals surface area contributed by atoms with Crippen LogP contribution in [-0.4, -0.2) is 32.6 Å². The van der Waals surface area contributed by atoms with E-state index in [1.165, 1.54) is 10.5 Å². The standard InChI is InChI=1S/C13H15N3O2S/c1-2-8-6-10-11(14-7-8)15-12(19-10)9-4-3-5-16(9)13(17)18/h6-7,9H,2-5H2,1H3,(H,17,18). The fraction of sp³-hybridized carbons (Fsp3) is 0.462. The van der Waals surface area contributed by atoms with Gasteiger partial charge in [0, 0.05) is 12.7 Å². The third kappa shape index (κ3) is 2.16. The van der Waals surface area contributed by atoms with Crippen LogP contribution in [0.25, 0.3) is 10.3 Å². The zero-order valence-electron chi connectivity index (χ0n) is 10.7. The first-order chi connectivity index (χ1) is 9.19. The monoisotopic (exact) mass is 277 g/mol. The van der Waals surface area contributed by atoms with Gasteiger partial charge in [-0.1, -0.05) is 6.92 Å². The quantitative estimate of drug-likeness (QED) is 0.916. The maximum atomic E-state index is 11.2. The lowest BCUT2D eigenvalue weighted by atomic mass is 10.2. The van der Waals surface area contributed by atoms with Gasteiger partial charge in [-0.15, -0.1) is 11.3 Å². The number of carboxylic acid groups (broad SMARTS) is 1. The maximum absolute atomic E-state index is 11.2. The van der Waals surface area contributed by atoms with Crippen molar-refractivity contribution in [1.29, 1.82) is 0 Å². The zero-order valence-corrected chi connectivity index (χ0v) is 11.5. The Morgan fingerprint density at radius 2 is 2.47 bits per heavy atom. The molecule has 0 bridgehead atoms. The Morgan fingerprint density at radius 3 is 3.21 bits per heavy atom. The predicted molar refractivity (Wildman–Crippen MR) is 73.5 cm³/mol. The van der Waals surface area contributed by atoms with Crippen LogP contribution in [0.15, 0.2) is 12.3 Å². The van der Waals surface area contributed by atoms with Gasteiger partial charge in [-0.3, -0.25) is 4.90 Å². The fourth-order valence-electron chi connectivity index (χ4n) is 2.47. The average Bonchev–Trinajstić information content (AvgIpc) is 3.03. The van der Waals surface area contributed by atoms with E-state index in [0.717, 1.165) is 34.6 Å². The molecule has 1 amide bonds. The first-order valence-corrected chi connectivity index (χ1v) is 7.25. The van der Waals surface area contributed by atoms with Crippen LogP contribution in [0.1, 0.15) is 36.4 Å². The highest BCUT2D eigenvalue weighted by Crippen LogP contribution is 2.36. The minimum absolute atomic E-state index is 0.0956. The van der Waals surface area contributed by atoms with Crippen molar-refractivity contribution < 1.29 is 9.90 Å². The van der Waals surface area contributed by atoms with Crippen molar-refractivity contribution in [3.63, 3.8) is 0 Å². The molecule has 0 aliphatic carbocycles. The number of nitrogens with zero attached hydrogens (tertiary/aromatic N) is 3. The van der Waals surface area contributed by atoms with Crippen LogP contribution in [0.4, 0.5) is 4.79 Å². The molecule has 0 saturated carbocycles. The summed E-state index contributed by atoms with van der Waals surface area (Å²) >= 11 is 1.57. The van der Waals surface area contributed by atoms with Gasteiger partial charge in [0.2, 0.25) is 0 Å². The molecular weight excluding hydrogens is 262 g/mol. The van der Waals surface area contributed by atoms with E-state index >= 15 is 0 Å². The molecule has 2 aromatic heterocycles. The highest BCUT2D eigenvalue weighted by Gasteiger charge is 2.32. The van der Waals surface area contributed by atoms with E-state index in [9.17, 15) is 9.90 Å². The van der Waals surface area contributed by atoms with Gasteiger partial charge in [0.1, 0.15) is 5.01 Å². The molecule has 3 heterocycles. The molecule has 0 radical (unpaired) electrons. The molecular formula is C13H15N3O2S. The van der Waals surface area contributed by atoms with Crippen LogP contribution >= 0.6 is 11.3 Å². The van der Waals surface area contributed by atoms with Crippen molar-refractivity contribution in [1.82, 2.24) is 14.9 Å². The summed E-state index contributed by atoms with van der Waals surface area (Å²) in [6.45, 7) is 2.69. The van der Waals surface area contributed by atoms with Crippen molar-refractivity contribution >= 4 is 27.8 Å². The Bertz CT molecular complexity index is 625. The third-order valence-corrected chi connectivity index (χ3v) is 4.60. The number of thiazole rings is 1. The highest BCUT2D eigenvalue weighted by atomic mass is 32.1. The topological polar surface area (TPSA) is 66.3 Å². The van der Waals surface area contributed by atoms with Gasteiger partial charge in [-0.2, -0.15) is 0 Å². The Balaban J connectivity index is 1.98. The first-order valence-electron chi connectivity index (χ1n) is 6.44. The van der Waals surface area contributed by atoms with Gasteiger partial charge in [-0.25, -0.2) is 14.8 Å². The number of hydrogen-bond acceptors (Lipinski definition) is 4. The SMILES string of the molecule is CCc1cnc2nc(C3CCCN3C(=O)O)sc2c1. The second kappa shape index (κ2) is 4.77. The lowest BCUT2D eigenvalue weighted by Gasteiger charge is -2.18. The molecule has 1 N–H and O–H groups in total. The summed E-state index contributed by atoms with van der Waals surface area (Å²) < 4.78 is 1.05. The van der Waals surface area contributed by atoms with Gasteiger partial charge in [0.15, 0.2) is 5.65 Å². The lowest BCUT2D eigenvalue weighted by Crippen LogP contribution is -2.28. The van der Waals surface area contributed by atoms with Crippen LogP contribution in [0.5, 0.6) is 0 Å². The Kier molecular flexibility index (Phi) is 3.10. The normalized spacial score (nSPS) is 19.2. The number of likely N-dealkylation sites (tertiary alicyclic amines) is 1. The van der Waals surface area contributed by atoms with E-state index < -0.39 is 6.09 Å². The third-order valence-electron chi connectivity index (χ3n) is 3.51. The summed E-state index contributed by atoms with van der Waals surface area (Å²) in [5.74, 6) is 0. The van der Waals surface area contributed by atoms with E-state index in [1.54, 1.807) is 11.3 Å². The predicted octanol–water partition coefficient (Wildman–Crippen LogP) is 3.07. The molecule has 1 unspecified atom stereocenters. The average molecular weight is 277 g/mol. The molecule has 19 heavy (non-hydrogen) atoms. The molecule has 100 valence electrons. The summed E-state index contributed by atoms with van der Waals surface area (Å²) in [5.41, 5.74) is 1.92. The summed E-state index contributed by atoms with van der Waals surface area (Å²) in [6, 6.07) is 2.01. The van der Waals surface area contributed by atoms with E-state index in [2.05, 4.69) is 23.0 Å². The van der Waals surface area contributed by atoms with Gasteiger partial charge < -0.3 is 5.11 Å². The second-order valence-corrected chi connectivity index (χ2v) is 5.77. The number of aromatic nitrogens is 2. The van der Waals surface area contributed by atoms with Crippen molar-refractivity contribution in [3.05, 3.63) is 22.8 Å². The van der Waals surface area contributed by atoms with Crippen LogP contribution in [0.3, 0.4) is 0 Å². The molecule has 6 heteroatoms. The van der Waals surface area contributed by atoms with Gasteiger partial charge >= 0.3 is 6.09 Å². The van der Waals surface area contributed by atoms with E-state index in [0.29, 0.717) is 6.54 Å². The zero-order chi connectivity index (χ0) is 13.4. The molecule has 0 spiro atoms. The van der Waals surface area contributed by atoms with Crippen molar-refractivity contribution in [2.24, 2.45) is 0 Å². The van der Waals surface area contributed by atoms with Crippen LogP contribution in [0.2, 0.25) is 0 Å².